The molecular weight excluding hydrogens is 392 g/mol. The number of sulfonamides is 2. The van der Waals surface area contributed by atoms with Crippen LogP contribution in [0.3, 0.4) is 0 Å². The lowest BCUT2D eigenvalue weighted by Crippen LogP contribution is -2.43. The van der Waals surface area contributed by atoms with Crippen LogP contribution in [0.5, 0.6) is 0 Å². The maximum atomic E-state index is 12.3. The van der Waals surface area contributed by atoms with E-state index in [2.05, 4.69) is 15.9 Å². The van der Waals surface area contributed by atoms with Gasteiger partial charge < -0.3 is 0 Å². The van der Waals surface area contributed by atoms with Gasteiger partial charge in [-0.25, -0.2) is 16.8 Å². The van der Waals surface area contributed by atoms with Crippen LogP contribution in [-0.2, 0) is 20.0 Å². The Labute approximate surface area is 138 Å². The fourth-order valence-electron chi connectivity index (χ4n) is 1.64. The van der Waals surface area contributed by atoms with E-state index in [0.29, 0.717) is 4.41 Å². The molecule has 0 radical (unpaired) electrons. The quantitative estimate of drug-likeness (QED) is 0.771. The number of benzene rings is 2. The number of hydrogen-bond acceptors (Lipinski definition) is 4. The van der Waals surface area contributed by atoms with Gasteiger partial charge in [-0.05, 0) is 36.4 Å². The van der Waals surface area contributed by atoms with E-state index in [1.54, 1.807) is 30.3 Å². The first-order chi connectivity index (χ1) is 10.2. The molecule has 6 nitrogen and oxygen atoms in total. The Hall–Kier alpha value is -1.26. The molecule has 0 atom stereocenters. The summed E-state index contributed by atoms with van der Waals surface area (Å²) in [5.74, 6) is 0. The van der Waals surface area contributed by atoms with E-state index in [-0.39, 0.29) is 9.79 Å². The molecule has 0 spiro atoms. The zero-order valence-corrected chi connectivity index (χ0v) is 14.7. The molecule has 0 saturated carbocycles. The summed E-state index contributed by atoms with van der Waals surface area (Å²) in [5, 5.41) is 0. The van der Waals surface area contributed by atoms with Gasteiger partial charge in [0, 0.05) is 11.5 Å². The Morgan fingerprint density at radius 2 is 1.41 bits per heavy atom. The summed E-state index contributed by atoms with van der Waals surface area (Å²) >= 11 is 3.21. The predicted molar refractivity (Wildman–Crippen MR) is 85.9 cm³/mol. The van der Waals surface area contributed by atoms with Crippen LogP contribution in [0.1, 0.15) is 0 Å². The third-order valence-electron chi connectivity index (χ3n) is 2.77. The third kappa shape index (κ3) is 3.73. The van der Waals surface area contributed by atoms with E-state index in [9.17, 15) is 16.8 Å². The molecule has 0 aliphatic carbocycles. The zero-order valence-electron chi connectivity index (χ0n) is 11.5. The highest BCUT2D eigenvalue weighted by Crippen LogP contribution is 2.18. The Morgan fingerprint density at radius 1 is 0.864 bits per heavy atom. The number of rotatable bonds is 5. The van der Waals surface area contributed by atoms with Gasteiger partial charge in [0.15, 0.2) is 0 Å². The Bertz CT molecular complexity index is 851. The molecule has 0 aliphatic rings. The van der Waals surface area contributed by atoms with Crippen molar-refractivity contribution in [1.82, 2.24) is 9.25 Å². The molecule has 2 rings (SSSR count). The van der Waals surface area contributed by atoms with Gasteiger partial charge in [-0.2, -0.15) is 0 Å². The van der Waals surface area contributed by atoms with Gasteiger partial charge in [0.2, 0.25) is 0 Å². The highest BCUT2D eigenvalue weighted by atomic mass is 79.9. The van der Waals surface area contributed by atoms with Crippen molar-refractivity contribution in [3.63, 3.8) is 0 Å². The zero-order chi connectivity index (χ0) is 16.4. The lowest BCUT2D eigenvalue weighted by Gasteiger charge is -2.18. The minimum Gasteiger partial charge on any atom is -0.206 e. The topological polar surface area (TPSA) is 83.6 Å². The van der Waals surface area contributed by atoms with Gasteiger partial charge in [-0.1, -0.05) is 34.1 Å². The molecule has 2 aromatic rings. The molecule has 0 heterocycles. The lowest BCUT2D eigenvalue weighted by molar-refractivity contribution is 0.432. The summed E-state index contributed by atoms with van der Waals surface area (Å²) in [6, 6.07) is 13.4. The van der Waals surface area contributed by atoms with Crippen molar-refractivity contribution in [1.29, 1.82) is 0 Å². The first-order valence-corrected chi connectivity index (χ1v) is 9.77. The van der Waals surface area contributed by atoms with Crippen LogP contribution in [-0.4, -0.2) is 28.3 Å². The Balaban J connectivity index is 2.28. The summed E-state index contributed by atoms with van der Waals surface area (Å²) in [7, 11) is -6.81. The molecule has 2 aromatic carbocycles. The minimum atomic E-state index is -3.97. The SMILES string of the molecule is CN(NS(=O)(=O)c1ccccc1)S(=O)(=O)c1ccc(Br)cc1. The molecule has 0 fully saturated rings. The van der Waals surface area contributed by atoms with Crippen molar-refractivity contribution in [3.8, 4) is 0 Å². The van der Waals surface area contributed by atoms with Crippen molar-refractivity contribution < 1.29 is 16.8 Å². The molecule has 0 bridgehead atoms. The number of nitrogens with one attached hydrogen (secondary N) is 1. The lowest BCUT2D eigenvalue weighted by atomic mass is 10.4. The second-order valence-corrected chi connectivity index (χ2v) is 8.88. The molecular formula is C13H13BrN2O4S2. The highest BCUT2D eigenvalue weighted by molar-refractivity contribution is 9.10. The van der Waals surface area contributed by atoms with Gasteiger partial charge in [0.1, 0.15) is 0 Å². The van der Waals surface area contributed by atoms with Crippen molar-refractivity contribution in [2.45, 2.75) is 9.79 Å². The second-order valence-electron chi connectivity index (χ2n) is 4.33. The van der Waals surface area contributed by atoms with E-state index in [0.717, 1.165) is 11.5 Å². The van der Waals surface area contributed by atoms with Crippen LogP contribution in [0.2, 0.25) is 0 Å². The first kappa shape index (κ1) is 17.1. The third-order valence-corrected chi connectivity index (χ3v) is 6.51. The fraction of sp³-hybridized carbons (Fsp3) is 0.0769. The van der Waals surface area contributed by atoms with Crippen LogP contribution in [0.4, 0.5) is 0 Å². The molecule has 9 heteroatoms. The van der Waals surface area contributed by atoms with Crippen molar-refractivity contribution in [2.75, 3.05) is 7.05 Å². The summed E-state index contributed by atoms with van der Waals surface area (Å²) in [6.45, 7) is 0. The van der Waals surface area contributed by atoms with Crippen molar-refractivity contribution in [3.05, 3.63) is 59.1 Å². The molecule has 0 aliphatic heterocycles. The first-order valence-electron chi connectivity index (χ1n) is 6.05. The summed E-state index contributed by atoms with van der Waals surface area (Å²) in [5.41, 5.74) is 0. The smallest absolute Gasteiger partial charge is 0.206 e. The monoisotopic (exact) mass is 404 g/mol. The molecule has 22 heavy (non-hydrogen) atoms. The molecule has 0 unspecified atom stereocenters. The maximum absolute atomic E-state index is 12.3. The van der Waals surface area contributed by atoms with Crippen LogP contribution in [0.25, 0.3) is 0 Å². The van der Waals surface area contributed by atoms with Gasteiger partial charge in [-0.15, -0.1) is 9.25 Å². The van der Waals surface area contributed by atoms with Gasteiger partial charge in [-0.3, -0.25) is 0 Å². The maximum Gasteiger partial charge on any atom is 0.256 e. The molecule has 0 aromatic heterocycles. The van der Waals surface area contributed by atoms with Crippen LogP contribution in [0.15, 0.2) is 68.9 Å². The van der Waals surface area contributed by atoms with Crippen LogP contribution >= 0.6 is 15.9 Å². The number of hydrazine groups is 1. The van der Waals surface area contributed by atoms with Crippen molar-refractivity contribution in [2.24, 2.45) is 0 Å². The summed E-state index contributed by atoms with van der Waals surface area (Å²) < 4.78 is 50.3. The average molecular weight is 405 g/mol. The highest BCUT2D eigenvalue weighted by Gasteiger charge is 2.26. The Morgan fingerprint density at radius 3 is 1.95 bits per heavy atom. The van der Waals surface area contributed by atoms with Gasteiger partial charge >= 0.3 is 0 Å². The largest absolute Gasteiger partial charge is 0.256 e. The molecule has 0 amide bonds. The van der Waals surface area contributed by atoms with E-state index >= 15 is 0 Å². The Kier molecular flexibility index (Phi) is 5.03. The van der Waals surface area contributed by atoms with E-state index in [4.69, 9.17) is 0 Å². The number of halogens is 1. The van der Waals surface area contributed by atoms with Crippen molar-refractivity contribution >= 4 is 36.0 Å². The molecule has 118 valence electrons. The summed E-state index contributed by atoms with van der Waals surface area (Å²) in [6.07, 6.45) is 0. The molecule has 1 N–H and O–H groups in total. The second kappa shape index (κ2) is 6.47. The van der Waals surface area contributed by atoms with E-state index in [1.165, 1.54) is 24.3 Å². The van der Waals surface area contributed by atoms with E-state index < -0.39 is 20.0 Å². The standard InChI is InChI=1S/C13H13BrN2O4S2/c1-16(15-21(17,18)12-5-3-2-4-6-12)22(19,20)13-9-7-11(14)8-10-13/h2-10,15H,1H3. The van der Waals surface area contributed by atoms with Crippen LogP contribution in [0, 0.1) is 0 Å². The fourth-order valence-corrected chi connectivity index (χ4v) is 4.34. The average Bonchev–Trinajstić information content (AvgIpc) is 2.48. The molecule has 0 saturated heterocycles. The predicted octanol–water partition coefficient (Wildman–Crippen LogP) is 1.96. The van der Waals surface area contributed by atoms with Gasteiger partial charge in [0.25, 0.3) is 20.0 Å². The number of hydrogen-bond donors (Lipinski definition) is 1. The van der Waals surface area contributed by atoms with E-state index in [1.807, 2.05) is 4.83 Å². The normalized spacial score (nSPS) is 12.5. The summed E-state index contributed by atoms with van der Waals surface area (Å²) in [4.78, 5) is 1.99. The minimum absolute atomic E-state index is 0.0195. The number of nitrogens with zero attached hydrogens (tertiary/aromatic N) is 1. The van der Waals surface area contributed by atoms with Gasteiger partial charge in [0.05, 0.1) is 9.79 Å². The van der Waals surface area contributed by atoms with Crippen LogP contribution < -0.4 is 4.83 Å².